The molecule has 2 atom stereocenters. The van der Waals surface area contributed by atoms with Gasteiger partial charge < -0.3 is 15.7 Å². The van der Waals surface area contributed by atoms with Gasteiger partial charge in [-0.25, -0.2) is 4.79 Å². The lowest BCUT2D eigenvalue weighted by molar-refractivity contribution is -0.119. The molecule has 2 unspecified atom stereocenters. The Balaban J connectivity index is 2.07. The summed E-state index contributed by atoms with van der Waals surface area (Å²) >= 11 is 0. The predicted molar refractivity (Wildman–Crippen MR) is 66.8 cm³/mol. The van der Waals surface area contributed by atoms with Gasteiger partial charge in [-0.05, 0) is 25.0 Å². The zero-order valence-corrected chi connectivity index (χ0v) is 9.77. The summed E-state index contributed by atoms with van der Waals surface area (Å²) in [5.74, 6) is -1.16. The van der Waals surface area contributed by atoms with E-state index >= 15 is 0 Å². The van der Waals surface area contributed by atoms with Crippen LogP contribution in [0.1, 0.15) is 29.6 Å². The molecular formula is C13H14N2O3. The fourth-order valence-electron chi connectivity index (χ4n) is 2.85. The Bertz CT molecular complexity index is 527. The van der Waals surface area contributed by atoms with Crippen molar-refractivity contribution in [3.63, 3.8) is 0 Å². The van der Waals surface area contributed by atoms with Crippen molar-refractivity contribution >= 4 is 23.3 Å². The highest BCUT2D eigenvalue weighted by molar-refractivity contribution is 6.06. The lowest BCUT2D eigenvalue weighted by Crippen LogP contribution is -2.30. The summed E-state index contributed by atoms with van der Waals surface area (Å²) in [5.41, 5.74) is 1.23. The molecule has 1 heterocycles. The maximum absolute atomic E-state index is 12.1. The normalized spacial score (nSPS) is 25.4. The number of amides is 1. The second kappa shape index (κ2) is 4.01. The topological polar surface area (TPSA) is 78.4 Å². The fourth-order valence-corrected chi connectivity index (χ4v) is 2.85. The van der Waals surface area contributed by atoms with Gasteiger partial charge in [-0.15, -0.1) is 0 Å². The van der Waals surface area contributed by atoms with Gasteiger partial charge in [-0.2, -0.15) is 0 Å². The van der Waals surface area contributed by atoms with E-state index in [4.69, 9.17) is 5.11 Å². The molecule has 1 aromatic carbocycles. The summed E-state index contributed by atoms with van der Waals surface area (Å²) in [5, 5.41) is 15.2. The molecule has 0 bridgehead atoms. The quantitative estimate of drug-likeness (QED) is 0.707. The summed E-state index contributed by atoms with van der Waals surface area (Å²) in [6.45, 7) is 0. The van der Waals surface area contributed by atoms with Crippen LogP contribution in [0.4, 0.5) is 11.4 Å². The molecule has 3 rings (SSSR count). The van der Waals surface area contributed by atoms with Gasteiger partial charge in [0.2, 0.25) is 5.91 Å². The van der Waals surface area contributed by atoms with Gasteiger partial charge in [0.15, 0.2) is 0 Å². The molecule has 1 aliphatic heterocycles. The van der Waals surface area contributed by atoms with Crippen LogP contribution in [0.5, 0.6) is 0 Å². The molecule has 0 spiro atoms. The molecule has 5 heteroatoms. The predicted octanol–water partition coefficient (Wildman–Crippen LogP) is 1.92. The minimum Gasteiger partial charge on any atom is -0.478 e. The average molecular weight is 246 g/mol. The van der Waals surface area contributed by atoms with Gasteiger partial charge >= 0.3 is 5.97 Å². The SMILES string of the molecule is O=C(O)c1cccc2c1NC(=O)C1CCCC1N2. The number of anilines is 2. The molecule has 1 aromatic rings. The zero-order valence-electron chi connectivity index (χ0n) is 9.77. The number of hydrogen-bond acceptors (Lipinski definition) is 3. The molecule has 5 nitrogen and oxygen atoms in total. The Kier molecular flexibility index (Phi) is 2.47. The van der Waals surface area contributed by atoms with Crippen LogP contribution in [0.25, 0.3) is 0 Å². The number of carbonyl (C=O) groups is 2. The van der Waals surface area contributed by atoms with E-state index in [0.29, 0.717) is 11.4 Å². The Labute approximate surface area is 104 Å². The van der Waals surface area contributed by atoms with E-state index in [0.717, 1.165) is 19.3 Å². The number of nitrogens with one attached hydrogen (secondary N) is 2. The van der Waals surface area contributed by atoms with E-state index in [1.165, 1.54) is 6.07 Å². The van der Waals surface area contributed by atoms with Crippen molar-refractivity contribution in [2.45, 2.75) is 25.3 Å². The van der Waals surface area contributed by atoms with Crippen molar-refractivity contribution in [1.82, 2.24) is 0 Å². The van der Waals surface area contributed by atoms with E-state index < -0.39 is 5.97 Å². The number of rotatable bonds is 1. The highest BCUT2D eigenvalue weighted by atomic mass is 16.4. The smallest absolute Gasteiger partial charge is 0.337 e. The van der Waals surface area contributed by atoms with Crippen molar-refractivity contribution in [3.05, 3.63) is 23.8 Å². The molecule has 94 valence electrons. The molecular weight excluding hydrogens is 232 g/mol. The minimum absolute atomic E-state index is 0.0564. The van der Waals surface area contributed by atoms with Gasteiger partial charge in [0.1, 0.15) is 0 Å². The first-order valence-corrected chi connectivity index (χ1v) is 6.10. The molecule has 0 aromatic heterocycles. The number of aromatic carboxylic acids is 1. The van der Waals surface area contributed by atoms with Crippen LogP contribution in [0, 0.1) is 5.92 Å². The van der Waals surface area contributed by atoms with Gasteiger partial charge in [-0.3, -0.25) is 4.79 Å². The van der Waals surface area contributed by atoms with Crippen molar-refractivity contribution in [2.75, 3.05) is 10.6 Å². The summed E-state index contributed by atoms with van der Waals surface area (Å²) < 4.78 is 0. The Hall–Kier alpha value is -2.04. The van der Waals surface area contributed by atoms with Gasteiger partial charge in [0.05, 0.1) is 22.9 Å². The number of carboxylic acids is 1. The van der Waals surface area contributed by atoms with Crippen LogP contribution in [0.15, 0.2) is 18.2 Å². The Morgan fingerprint density at radius 1 is 1.33 bits per heavy atom. The third-order valence-corrected chi connectivity index (χ3v) is 3.74. The van der Waals surface area contributed by atoms with Crippen LogP contribution in [-0.2, 0) is 4.79 Å². The monoisotopic (exact) mass is 246 g/mol. The average Bonchev–Trinajstić information content (AvgIpc) is 2.74. The summed E-state index contributed by atoms with van der Waals surface area (Å²) in [6.07, 6.45) is 2.85. The highest BCUT2D eigenvalue weighted by Gasteiger charge is 2.36. The van der Waals surface area contributed by atoms with Crippen LogP contribution in [-0.4, -0.2) is 23.0 Å². The largest absolute Gasteiger partial charge is 0.478 e. The highest BCUT2D eigenvalue weighted by Crippen LogP contribution is 2.37. The second-order valence-corrected chi connectivity index (χ2v) is 4.81. The lowest BCUT2D eigenvalue weighted by Gasteiger charge is -2.16. The maximum Gasteiger partial charge on any atom is 0.337 e. The third-order valence-electron chi connectivity index (χ3n) is 3.74. The first-order chi connectivity index (χ1) is 8.66. The lowest BCUT2D eigenvalue weighted by atomic mass is 10.0. The van der Waals surface area contributed by atoms with Crippen LogP contribution in [0.3, 0.4) is 0 Å². The molecule has 1 amide bonds. The Morgan fingerprint density at radius 3 is 2.94 bits per heavy atom. The molecule has 2 aliphatic rings. The second-order valence-electron chi connectivity index (χ2n) is 4.81. The van der Waals surface area contributed by atoms with Crippen molar-refractivity contribution in [3.8, 4) is 0 Å². The first-order valence-electron chi connectivity index (χ1n) is 6.10. The maximum atomic E-state index is 12.1. The number of fused-ring (bicyclic) bond motifs is 2. The number of para-hydroxylation sites is 1. The van der Waals surface area contributed by atoms with Gasteiger partial charge in [0.25, 0.3) is 0 Å². The van der Waals surface area contributed by atoms with Crippen LogP contribution in [0.2, 0.25) is 0 Å². The van der Waals surface area contributed by atoms with E-state index in [2.05, 4.69) is 10.6 Å². The summed E-state index contributed by atoms with van der Waals surface area (Å²) in [6, 6.07) is 5.12. The minimum atomic E-state index is -1.03. The zero-order chi connectivity index (χ0) is 12.7. The third kappa shape index (κ3) is 1.63. The number of carboxylic acid groups (broad SMARTS) is 1. The van der Waals surface area contributed by atoms with Crippen LogP contribution < -0.4 is 10.6 Å². The molecule has 0 radical (unpaired) electrons. The van der Waals surface area contributed by atoms with Crippen molar-refractivity contribution < 1.29 is 14.7 Å². The number of carbonyl (C=O) groups excluding carboxylic acids is 1. The van der Waals surface area contributed by atoms with Crippen molar-refractivity contribution in [1.29, 1.82) is 0 Å². The van der Waals surface area contributed by atoms with E-state index in [-0.39, 0.29) is 23.4 Å². The molecule has 1 aliphatic carbocycles. The van der Waals surface area contributed by atoms with E-state index in [1.54, 1.807) is 6.07 Å². The molecule has 0 saturated heterocycles. The summed E-state index contributed by atoms with van der Waals surface area (Å²) in [7, 11) is 0. The molecule has 18 heavy (non-hydrogen) atoms. The number of hydrogen-bond donors (Lipinski definition) is 3. The Morgan fingerprint density at radius 2 is 2.17 bits per heavy atom. The van der Waals surface area contributed by atoms with E-state index in [9.17, 15) is 9.59 Å². The number of benzene rings is 1. The van der Waals surface area contributed by atoms with Crippen LogP contribution >= 0.6 is 0 Å². The van der Waals surface area contributed by atoms with Gasteiger partial charge in [0, 0.05) is 6.04 Å². The summed E-state index contributed by atoms with van der Waals surface area (Å²) in [4.78, 5) is 23.2. The van der Waals surface area contributed by atoms with E-state index in [1.807, 2.05) is 6.07 Å². The van der Waals surface area contributed by atoms with Gasteiger partial charge in [-0.1, -0.05) is 12.5 Å². The first kappa shape index (κ1) is 11.1. The molecule has 1 fully saturated rings. The standard InChI is InChI=1S/C13H14N2O3/c16-12-7-3-1-5-9(7)14-10-6-2-4-8(13(17)18)11(10)15-12/h2,4,6-7,9,14H,1,3,5H2,(H,15,16)(H,17,18). The molecule has 1 saturated carbocycles. The fraction of sp³-hybridized carbons (Fsp3) is 0.385. The van der Waals surface area contributed by atoms with Crippen molar-refractivity contribution in [2.24, 2.45) is 5.92 Å². The molecule has 3 N–H and O–H groups in total.